The second kappa shape index (κ2) is 11.6. The van der Waals surface area contributed by atoms with Gasteiger partial charge in [0.05, 0.1) is 24.8 Å². The number of ether oxygens (including phenoxy) is 1. The Morgan fingerprint density at radius 1 is 1.41 bits per heavy atom. The zero-order chi connectivity index (χ0) is 24.7. The fraction of sp³-hybridized carbons (Fsp3) is 0.462. The van der Waals surface area contributed by atoms with Crippen LogP contribution in [0, 0.1) is 17.8 Å². The largest absolute Gasteiger partial charge is 0.472 e. The highest BCUT2D eigenvalue weighted by molar-refractivity contribution is 5.97. The van der Waals surface area contributed by atoms with Crippen LogP contribution < -0.4 is 4.74 Å². The summed E-state index contributed by atoms with van der Waals surface area (Å²) in [6, 6.07) is 4.75. The minimum Gasteiger partial charge on any atom is -0.472 e. The lowest BCUT2D eigenvalue weighted by Gasteiger charge is -2.37. The summed E-state index contributed by atoms with van der Waals surface area (Å²) in [5.74, 6) is 5.78. The fourth-order valence-corrected chi connectivity index (χ4v) is 3.74. The Morgan fingerprint density at radius 2 is 2.21 bits per heavy atom. The van der Waals surface area contributed by atoms with E-state index in [4.69, 9.17) is 4.74 Å². The minimum absolute atomic E-state index is 0.124. The summed E-state index contributed by atoms with van der Waals surface area (Å²) < 4.78 is 6.24. The monoisotopic (exact) mass is 464 g/mol. The Hall–Kier alpha value is -3.44. The average molecular weight is 465 g/mol. The Balaban J connectivity index is 1.93. The van der Waals surface area contributed by atoms with E-state index in [0.717, 1.165) is 12.8 Å². The third-order valence-electron chi connectivity index (χ3n) is 5.84. The zero-order valence-electron chi connectivity index (χ0n) is 20.2. The van der Waals surface area contributed by atoms with E-state index in [1.165, 1.54) is 6.20 Å². The molecule has 0 saturated heterocycles. The molecule has 1 N–H and O–H groups in total. The van der Waals surface area contributed by atoms with Crippen molar-refractivity contribution in [2.24, 2.45) is 5.92 Å². The highest BCUT2D eigenvalue weighted by Gasteiger charge is 2.34. The number of carbonyl (C=O) groups is 2. The molecule has 0 fully saturated rings. The molecule has 180 valence electrons. The molecule has 0 spiro atoms. The SMILES string of the molecule is CCCC#Cc1cnc2c(c1)C(=O)N([C@@H](C)CO)C[C@@H](C)[C@H](CN(C)C(=O)c1cccnc1)O2. The van der Waals surface area contributed by atoms with Crippen molar-refractivity contribution in [1.82, 2.24) is 19.8 Å². The topological polar surface area (TPSA) is 95.9 Å². The Kier molecular flexibility index (Phi) is 8.61. The average Bonchev–Trinajstić information content (AvgIpc) is 2.86. The number of carbonyl (C=O) groups excluding carboxylic acids is 2. The van der Waals surface area contributed by atoms with Gasteiger partial charge >= 0.3 is 0 Å². The molecule has 0 aromatic carbocycles. The Morgan fingerprint density at radius 3 is 2.88 bits per heavy atom. The van der Waals surface area contributed by atoms with Crippen LogP contribution in [0.1, 0.15) is 59.9 Å². The Labute approximate surface area is 201 Å². The number of aromatic nitrogens is 2. The Bertz CT molecular complexity index is 1060. The van der Waals surface area contributed by atoms with E-state index in [9.17, 15) is 14.7 Å². The van der Waals surface area contributed by atoms with Gasteiger partial charge in [0.25, 0.3) is 11.8 Å². The van der Waals surface area contributed by atoms with Gasteiger partial charge in [-0.05, 0) is 31.5 Å². The summed E-state index contributed by atoms with van der Waals surface area (Å²) in [5.41, 5.74) is 1.43. The summed E-state index contributed by atoms with van der Waals surface area (Å²) in [4.78, 5) is 38.0. The zero-order valence-corrected chi connectivity index (χ0v) is 20.2. The highest BCUT2D eigenvalue weighted by atomic mass is 16.5. The number of nitrogens with zero attached hydrogens (tertiary/aromatic N) is 4. The van der Waals surface area contributed by atoms with Crippen molar-refractivity contribution < 1.29 is 19.4 Å². The minimum atomic E-state index is -0.421. The van der Waals surface area contributed by atoms with Gasteiger partial charge in [-0.15, -0.1) is 0 Å². The molecule has 2 amide bonds. The molecule has 0 bridgehead atoms. The summed E-state index contributed by atoms with van der Waals surface area (Å²) >= 11 is 0. The molecule has 2 aromatic rings. The van der Waals surface area contributed by atoms with Crippen LogP contribution in [0.25, 0.3) is 0 Å². The maximum atomic E-state index is 13.4. The lowest BCUT2D eigenvalue weighted by molar-refractivity contribution is 0.0313. The second-order valence-corrected chi connectivity index (χ2v) is 8.68. The predicted octanol–water partition coefficient (Wildman–Crippen LogP) is 2.62. The number of pyridine rings is 2. The lowest BCUT2D eigenvalue weighted by atomic mass is 9.99. The first-order chi connectivity index (χ1) is 16.3. The standard InChI is InChI=1S/C26H32N4O4/c1-5-6-7-9-20-12-22-24(28-13-20)34-23(18(2)15-30(26(22)33)19(3)17-31)16-29(4)25(32)21-10-8-11-27-14-21/h8,10-14,18-19,23,31H,5-6,15-17H2,1-4H3/t18-,19+,23+/m1/s1. The summed E-state index contributed by atoms with van der Waals surface area (Å²) in [6.45, 7) is 6.32. The lowest BCUT2D eigenvalue weighted by Crippen LogP contribution is -2.50. The molecule has 0 radical (unpaired) electrons. The van der Waals surface area contributed by atoms with Crippen LogP contribution >= 0.6 is 0 Å². The van der Waals surface area contributed by atoms with Gasteiger partial charge in [-0.1, -0.05) is 25.7 Å². The molecule has 34 heavy (non-hydrogen) atoms. The molecular weight excluding hydrogens is 432 g/mol. The van der Waals surface area contributed by atoms with Crippen LogP contribution in [-0.4, -0.2) is 75.6 Å². The van der Waals surface area contributed by atoms with E-state index in [2.05, 4.69) is 28.7 Å². The molecule has 0 saturated carbocycles. The van der Waals surface area contributed by atoms with Crippen molar-refractivity contribution in [2.45, 2.75) is 45.8 Å². The maximum Gasteiger partial charge on any atom is 0.259 e. The first-order valence-electron chi connectivity index (χ1n) is 11.6. The van der Waals surface area contributed by atoms with Crippen LogP contribution in [-0.2, 0) is 0 Å². The summed E-state index contributed by atoms with van der Waals surface area (Å²) in [6.07, 6.45) is 6.03. The number of rotatable bonds is 6. The van der Waals surface area contributed by atoms with Gasteiger partial charge in [-0.2, -0.15) is 0 Å². The van der Waals surface area contributed by atoms with E-state index in [-0.39, 0.29) is 36.3 Å². The molecule has 2 aromatic heterocycles. The number of fused-ring (bicyclic) bond motifs is 1. The van der Waals surface area contributed by atoms with Gasteiger partial charge in [0.15, 0.2) is 0 Å². The molecule has 0 aliphatic carbocycles. The van der Waals surface area contributed by atoms with Gasteiger partial charge in [-0.25, -0.2) is 4.98 Å². The van der Waals surface area contributed by atoms with Crippen molar-refractivity contribution in [2.75, 3.05) is 26.7 Å². The van der Waals surface area contributed by atoms with Crippen LogP contribution in [0.15, 0.2) is 36.8 Å². The molecule has 8 heteroatoms. The van der Waals surface area contributed by atoms with Gasteiger partial charge in [0, 0.05) is 50.1 Å². The fourth-order valence-electron chi connectivity index (χ4n) is 3.74. The van der Waals surface area contributed by atoms with Gasteiger partial charge in [-0.3, -0.25) is 14.6 Å². The van der Waals surface area contributed by atoms with Crippen LogP contribution in [0.5, 0.6) is 5.88 Å². The van der Waals surface area contributed by atoms with Crippen LogP contribution in [0.3, 0.4) is 0 Å². The second-order valence-electron chi connectivity index (χ2n) is 8.68. The number of unbranched alkanes of at least 4 members (excludes halogenated alkanes) is 1. The number of likely N-dealkylation sites (N-methyl/N-ethyl adjacent to an activating group) is 1. The normalized spacial score (nSPS) is 18.5. The van der Waals surface area contributed by atoms with Crippen LogP contribution in [0.2, 0.25) is 0 Å². The van der Waals surface area contributed by atoms with Crippen molar-refractivity contribution >= 4 is 11.8 Å². The maximum absolute atomic E-state index is 13.4. The highest BCUT2D eigenvalue weighted by Crippen LogP contribution is 2.27. The smallest absolute Gasteiger partial charge is 0.259 e. The summed E-state index contributed by atoms with van der Waals surface area (Å²) in [5, 5.41) is 9.79. The van der Waals surface area contributed by atoms with Crippen molar-refractivity contribution in [3.05, 3.63) is 53.5 Å². The molecule has 8 nitrogen and oxygen atoms in total. The van der Waals surface area contributed by atoms with E-state index < -0.39 is 6.10 Å². The summed E-state index contributed by atoms with van der Waals surface area (Å²) in [7, 11) is 1.71. The van der Waals surface area contributed by atoms with E-state index >= 15 is 0 Å². The molecular formula is C26H32N4O4. The molecule has 3 atom stereocenters. The van der Waals surface area contributed by atoms with Gasteiger partial charge in [0.2, 0.25) is 5.88 Å². The molecule has 3 rings (SSSR count). The molecule has 0 unspecified atom stereocenters. The molecule has 1 aliphatic rings. The van der Waals surface area contributed by atoms with Gasteiger partial charge in [0.1, 0.15) is 11.7 Å². The third kappa shape index (κ3) is 5.91. The van der Waals surface area contributed by atoms with Crippen molar-refractivity contribution in [1.29, 1.82) is 0 Å². The number of hydrogen-bond acceptors (Lipinski definition) is 6. The predicted molar refractivity (Wildman–Crippen MR) is 128 cm³/mol. The number of amides is 2. The quantitative estimate of drug-likeness (QED) is 0.661. The van der Waals surface area contributed by atoms with Crippen LogP contribution in [0.4, 0.5) is 0 Å². The number of aliphatic hydroxyl groups is 1. The van der Waals surface area contributed by atoms with Gasteiger partial charge < -0.3 is 19.6 Å². The first-order valence-corrected chi connectivity index (χ1v) is 11.6. The van der Waals surface area contributed by atoms with Crippen molar-refractivity contribution in [3.63, 3.8) is 0 Å². The third-order valence-corrected chi connectivity index (χ3v) is 5.84. The molecule has 3 heterocycles. The first kappa shape index (κ1) is 25.2. The van der Waals surface area contributed by atoms with E-state index in [1.54, 1.807) is 54.4 Å². The number of hydrogen-bond donors (Lipinski definition) is 1. The molecule has 1 aliphatic heterocycles. The number of aliphatic hydroxyl groups excluding tert-OH is 1. The van der Waals surface area contributed by atoms with E-state index in [1.807, 2.05) is 6.92 Å². The van der Waals surface area contributed by atoms with E-state index in [0.29, 0.717) is 29.8 Å². The van der Waals surface area contributed by atoms with Crippen molar-refractivity contribution in [3.8, 4) is 17.7 Å².